The highest BCUT2D eigenvalue weighted by Crippen LogP contribution is 2.31. The summed E-state index contributed by atoms with van der Waals surface area (Å²) in [5, 5.41) is 12.3. The van der Waals surface area contributed by atoms with Crippen LogP contribution in [0.1, 0.15) is 56.1 Å². The normalized spacial score (nSPS) is 17.7. The molecule has 4 rings (SSSR count). The van der Waals surface area contributed by atoms with E-state index in [9.17, 15) is 4.79 Å². The minimum atomic E-state index is -0.0991. The van der Waals surface area contributed by atoms with Gasteiger partial charge in [-0.25, -0.2) is 0 Å². The van der Waals surface area contributed by atoms with Gasteiger partial charge in [-0.2, -0.15) is 10.1 Å². The van der Waals surface area contributed by atoms with Gasteiger partial charge in [0.1, 0.15) is 0 Å². The van der Waals surface area contributed by atoms with Crippen LogP contribution < -0.4 is 0 Å². The fourth-order valence-corrected chi connectivity index (χ4v) is 3.35. The van der Waals surface area contributed by atoms with E-state index in [0.29, 0.717) is 18.1 Å². The van der Waals surface area contributed by atoms with Crippen LogP contribution in [0.4, 0.5) is 0 Å². The summed E-state index contributed by atoms with van der Waals surface area (Å²) in [5.41, 5.74) is 1.73. The van der Waals surface area contributed by atoms with E-state index in [2.05, 4.69) is 20.3 Å². The summed E-state index contributed by atoms with van der Waals surface area (Å²) in [4.78, 5) is 19.2. The summed E-state index contributed by atoms with van der Waals surface area (Å²) >= 11 is 0. The lowest BCUT2D eigenvalue weighted by Gasteiger charge is -2.22. The molecule has 1 aromatic carbocycles. The summed E-state index contributed by atoms with van der Waals surface area (Å²) in [6, 6.07) is 7.71. The van der Waals surface area contributed by atoms with Crippen molar-refractivity contribution in [3.63, 3.8) is 0 Å². The van der Waals surface area contributed by atoms with E-state index in [-0.39, 0.29) is 17.9 Å². The van der Waals surface area contributed by atoms with E-state index < -0.39 is 0 Å². The molecule has 0 bridgehead atoms. The fraction of sp³-hybridized carbons (Fsp3) is 0.444. The zero-order valence-electron chi connectivity index (χ0n) is 14.4. The summed E-state index contributed by atoms with van der Waals surface area (Å²) in [6.45, 7) is 4.75. The van der Waals surface area contributed by atoms with Gasteiger partial charge in [-0.1, -0.05) is 37.2 Å². The second-order valence-corrected chi connectivity index (χ2v) is 6.79. The maximum atomic E-state index is 12.9. The van der Waals surface area contributed by atoms with Crippen molar-refractivity contribution in [1.82, 2.24) is 25.2 Å². The van der Waals surface area contributed by atoms with Crippen LogP contribution in [0.15, 0.2) is 28.8 Å². The second-order valence-electron chi connectivity index (χ2n) is 6.79. The maximum Gasteiger partial charge on any atom is 0.229 e. The molecule has 1 N–H and O–H groups in total. The first-order chi connectivity index (χ1) is 12.1. The number of carbonyl (C=O) groups excluding carboxylic acids is 1. The molecule has 2 aromatic heterocycles. The predicted octanol–water partition coefficient (Wildman–Crippen LogP) is 2.98. The van der Waals surface area contributed by atoms with Gasteiger partial charge in [0.25, 0.3) is 0 Å². The van der Waals surface area contributed by atoms with Crippen molar-refractivity contribution in [2.75, 3.05) is 6.54 Å². The van der Waals surface area contributed by atoms with Crippen LogP contribution in [0.25, 0.3) is 10.9 Å². The van der Waals surface area contributed by atoms with Crippen LogP contribution in [0.3, 0.4) is 0 Å². The number of hydrogen-bond acceptors (Lipinski definition) is 5. The van der Waals surface area contributed by atoms with Crippen LogP contribution in [0.2, 0.25) is 0 Å². The Kier molecular flexibility index (Phi) is 3.99. The van der Waals surface area contributed by atoms with Crippen molar-refractivity contribution in [3.05, 3.63) is 41.7 Å². The molecule has 1 saturated heterocycles. The van der Waals surface area contributed by atoms with Gasteiger partial charge < -0.3 is 9.42 Å². The van der Waals surface area contributed by atoms with Gasteiger partial charge in [-0.15, -0.1) is 0 Å². The van der Waals surface area contributed by atoms with E-state index in [0.717, 1.165) is 36.0 Å². The van der Waals surface area contributed by atoms with Gasteiger partial charge in [-0.05, 0) is 18.9 Å². The Morgan fingerprint density at radius 3 is 3.04 bits per heavy atom. The molecular formula is C18H21N5O2. The van der Waals surface area contributed by atoms with Crippen molar-refractivity contribution in [1.29, 1.82) is 0 Å². The topological polar surface area (TPSA) is 87.9 Å². The van der Waals surface area contributed by atoms with Crippen LogP contribution in [-0.4, -0.2) is 37.7 Å². The number of benzene rings is 1. The number of aromatic amines is 1. The number of likely N-dealkylation sites (tertiary alicyclic amines) is 1. The highest BCUT2D eigenvalue weighted by Gasteiger charge is 2.33. The largest absolute Gasteiger partial charge is 0.339 e. The van der Waals surface area contributed by atoms with Crippen molar-refractivity contribution < 1.29 is 9.32 Å². The number of hydrogen-bond donors (Lipinski definition) is 1. The van der Waals surface area contributed by atoms with Crippen molar-refractivity contribution in [3.8, 4) is 0 Å². The van der Waals surface area contributed by atoms with Crippen molar-refractivity contribution in [2.24, 2.45) is 0 Å². The van der Waals surface area contributed by atoms with Crippen molar-refractivity contribution >= 4 is 16.8 Å². The van der Waals surface area contributed by atoms with E-state index >= 15 is 0 Å². The van der Waals surface area contributed by atoms with Gasteiger partial charge >= 0.3 is 0 Å². The lowest BCUT2D eigenvalue weighted by molar-refractivity contribution is -0.131. The zero-order chi connectivity index (χ0) is 17.4. The number of carbonyl (C=O) groups is 1. The molecule has 1 aliphatic heterocycles. The summed E-state index contributed by atoms with van der Waals surface area (Å²) in [5.74, 6) is 1.48. The van der Waals surface area contributed by atoms with Gasteiger partial charge in [0.15, 0.2) is 5.82 Å². The first-order valence-corrected chi connectivity index (χ1v) is 8.68. The third kappa shape index (κ3) is 2.90. The maximum absolute atomic E-state index is 12.9. The zero-order valence-corrected chi connectivity index (χ0v) is 14.4. The monoisotopic (exact) mass is 339 g/mol. The Bertz CT molecular complexity index is 898. The summed E-state index contributed by atoms with van der Waals surface area (Å²) in [7, 11) is 0. The lowest BCUT2D eigenvalue weighted by atomic mass is 10.1. The third-order valence-electron chi connectivity index (χ3n) is 4.69. The molecule has 7 nitrogen and oxygen atoms in total. The molecule has 0 aliphatic carbocycles. The standard InChI is InChI=1S/C18H21N5O2/c1-11(2)18-19-17(22-25-18)15-8-5-9-23(15)16(24)10-14-12-6-3-4-7-13(12)20-21-14/h3-4,6-7,11,15H,5,8-10H2,1-2H3,(H,20,21). The summed E-state index contributed by atoms with van der Waals surface area (Å²) < 4.78 is 5.31. The molecule has 1 unspecified atom stereocenters. The first-order valence-electron chi connectivity index (χ1n) is 8.68. The number of H-pyrrole nitrogens is 1. The van der Waals surface area contributed by atoms with E-state index in [1.54, 1.807) is 0 Å². The number of amides is 1. The van der Waals surface area contributed by atoms with Crippen LogP contribution in [0, 0.1) is 0 Å². The number of aromatic nitrogens is 4. The smallest absolute Gasteiger partial charge is 0.229 e. The summed E-state index contributed by atoms with van der Waals surface area (Å²) in [6.07, 6.45) is 2.12. The molecule has 3 aromatic rings. The Balaban J connectivity index is 1.54. The van der Waals surface area contributed by atoms with Crippen LogP contribution in [-0.2, 0) is 11.2 Å². The van der Waals surface area contributed by atoms with E-state index in [4.69, 9.17) is 4.52 Å². The molecule has 3 heterocycles. The molecule has 1 aliphatic rings. The third-order valence-corrected chi connectivity index (χ3v) is 4.69. The highest BCUT2D eigenvalue weighted by atomic mass is 16.5. The van der Waals surface area contributed by atoms with E-state index in [1.165, 1.54) is 0 Å². The van der Waals surface area contributed by atoms with E-state index in [1.807, 2.05) is 43.0 Å². The fourth-order valence-electron chi connectivity index (χ4n) is 3.35. The SMILES string of the molecule is CC(C)c1nc(C2CCCN2C(=O)Cc2[nH]nc3ccccc23)no1. The number of rotatable bonds is 4. The minimum absolute atomic E-state index is 0.0628. The molecule has 0 spiro atoms. The number of nitrogens with one attached hydrogen (secondary N) is 1. The molecule has 0 radical (unpaired) electrons. The van der Waals surface area contributed by atoms with Crippen LogP contribution >= 0.6 is 0 Å². The molecule has 7 heteroatoms. The molecule has 1 amide bonds. The lowest BCUT2D eigenvalue weighted by Crippen LogP contribution is -2.32. The molecule has 1 fully saturated rings. The predicted molar refractivity (Wildman–Crippen MR) is 91.9 cm³/mol. The number of nitrogens with zero attached hydrogens (tertiary/aromatic N) is 4. The Morgan fingerprint density at radius 1 is 1.40 bits per heavy atom. The Morgan fingerprint density at radius 2 is 2.24 bits per heavy atom. The van der Waals surface area contributed by atoms with Crippen molar-refractivity contribution in [2.45, 2.75) is 45.1 Å². The molecule has 0 saturated carbocycles. The number of fused-ring (bicyclic) bond motifs is 1. The van der Waals surface area contributed by atoms with Gasteiger partial charge in [-0.3, -0.25) is 9.89 Å². The molecular weight excluding hydrogens is 318 g/mol. The Hall–Kier alpha value is -2.70. The average molecular weight is 339 g/mol. The van der Waals surface area contributed by atoms with Gasteiger partial charge in [0.2, 0.25) is 11.8 Å². The second kappa shape index (κ2) is 6.31. The minimum Gasteiger partial charge on any atom is -0.339 e. The van der Waals surface area contributed by atoms with Gasteiger partial charge in [0.05, 0.1) is 23.7 Å². The number of para-hydroxylation sites is 1. The molecule has 25 heavy (non-hydrogen) atoms. The highest BCUT2D eigenvalue weighted by molar-refractivity contribution is 5.87. The van der Waals surface area contributed by atoms with Crippen LogP contribution in [0.5, 0.6) is 0 Å². The average Bonchev–Trinajstić information content (AvgIpc) is 3.34. The molecule has 130 valence electrons. The quantitative estimate of drug-likeness (QED) is 0.789. The Labute approximate surface area is 145 Å². The molecule has 1 atom stereocenters. The van der Waals surface area contributed by atoms with Gasteiger partial charge in [0, 0.05) is 17.8 Å². The first kappa shape index (κ1) is 15.8.